The van der Waals surface area contributed by atoms with Crippen LogP contribution in [-0.4, -0.2) is 47.9 Å². The van der Waals surface area contributed by atoms with Gasteiger partial charge in [-0.25, -0.2) is 4.79 Å². The third-order valence-corrected chi connectivity index (χ3v) is 2.21. The minimum atomic E-state index is -1.85. The van der Waals surface area contributed by atoms with E-state index in [1.165, 1.54) is 13.8 Å². The zero-order valence-corrected chi connectivity index (χ0v) is 9.60. The molecule has 1 rings (SSSR count). The SMILES string of the molecule is CC(=O)OCC1CC(O)(COC(C)=O)C(=O)O1. The fraction of sp³-hybridized carbons (Fsp3) is 0.700. The molecule has 0 aromatic rings. The standard InChI is InChI=1S/C10H14O7/c1-6(11)15-4-8-3-10(14,9(13)17-8)5-16-7(2)12/h8,14H,3-5H2,1-2H3. The van der Waals surface area contributed by atoms with Crippen LogP contribution in [0.5, 0.6) is 0 Å². The van der Waals surface area contributed by atoms with Gasteiger partial charge in [0.25, 0.3) is 0 Å². The van der Waals surface area contributed by atoms with E-state index in [9.17, 15) is 19.5 Å². The molecule has 1 aliphatic rings. The van der Waals surface area contributed by atoms with E-state index in [4.69, 9.17) is 4.74 Å². The molecule has 1 fully saturated rings. The second-order valence-electron chi connectivity index (χ2n) is 3.85. The summed E-state index contributed by atoms with van der Waals surface area (Å²) < 4.78 is 14.0. The zero-order chi connectivity index (χ0) is 13.1. The van der Waals surface area contributed by atoms with E-state index in [-0.39, 0.29) is 13.0 Å². The van der Waals surface area contributed by atoms with Crippen molar-refractivity contribution < 1.29 is 33.7 Å². The van der Waals surface area contributed by atoms with Gasteiger partial charge in [-0.2, -0.15) is 0 Å². The van der Waals surface area contributed by atoms with E-state index < -0.39 is 36.2 Å². The van der Waals surface area contributed by atoms with Crippen LogP contribution in [0.1, 0.15) is 20.3 Å². The third-order valence-electron chi connectivity index (χ3n) is 2.21. The lowest BCUT2D eigenvalue weighted by atomic mass is 10.0. The Kier molecular flexibility index (Phi) is 4.06. The van der Waals surface area contributed by atoms with Crippen molar-refractivity contribution in [2.45, 2.75) is 32.0 Å². The molecule has 0 aromatic carbocycles. The quantitative estimate of drug-likeness (QED) is 0.510. The lowest BCUT2D eigenvalue weighted by molar-refractivity contribution is -0.165. The summed E-state index contributed by atoms with van der Waals surface area (Å²) in [6, 6.07) is 0. The summed E-state index contributed by atoms with van der Waals surface area (Å²) in [4.78, 5) is 32.5. The van der Waals surface area contributed by atoms with Crippen LogP contribution in [-0.2, 0) is 28.6 Å². The van der Waals surface area contributed by atoms with Gasteiger partial charge < -0.3 is 19.3 Å². The highest BCUT2D eigenvalue weighted by atomic mass is 16.6. The zero-order valence-electron chi connectivity index (χ0n) is 9.60. The van der Waals surface area contributed by atoms with E-state index in [2.05, 4.69) is 9.47 Å². The van der Waals surface area contributed by atoms with E-state index in [1.54, 1.807) is 0 Å². The van der Waals surface area contributed by atoms with Gasteiger partial charge in [-0.15, -0.1) is 0 Å². The Labute approximate surface area is 97.6 Å². The molecule has 17 heavy (non-hydrogen) atoms. The van der Waals surface area contributed by atoms with Crippen LogP contribution in [0, 0.1) is 0 Å². The van der Waals surface area contributed by atoms with Gasteiger partial charge in [-0.3, -0.25) is 9.59 Å². The Hall–Kier alpha value is -1.63. The van der Waals surface area contributed by atoms with Gasteiger partial charge >= 0.3 is 17.9 Å². The first kappa shape index (κ1) is 13.4. The lowest BCUT2D eigenvalue weighted by Crippen LogP contribution is -2.40. The molecule has 0 aliphatic carbocycles. The smallest absolute Gasteiger partial charge is 0.342 e. The Morgan fingerprint density at radius 2 is 2.00 bits per heavy atom. The predicted molar refractivity (Wildman–Crippen MR) is 52.7 cm³/mol. The van der Waals surface area contributed by atoms with Gasteiger partial charge in [0.2, 0.25) is 0 Å². The summed E-state index contributed by atoms with van der Waals surface area (Å²) in [5, 5.41) is 9.85. The Balaban J connectivity index is 2.50. The van der Waals surface area contributed by atoms with Crippen molar-refractivity contribution in [2.24, 2.45) is 0 Å². The molecular weight excluding hydrogens is 232 g/mol. The normalized spacial score (nSPS) is 27.5. The first-order valence-corrected chi connectivity index (χ1v) is 5.04. The molecule has 0 spiro atoms. The molecule has 1 heterocycles. The third kappa shape index (κ3) is 3.70. The molecule has 1 N–H and O–H groups in total. The summed E-state index contributed by atoms with van der Waals surface area (Å²) in [6.45, 7) is 1.81. The average Bonchev–Trinajstić information content (AvgIpc) is 2.50. The maximum Gasteiger partial charge on any atom is 0.342 e. The number of cyclic esters (lactones) is 1. The number of ether oxygens (including phenoxy) is 3. The second-order valence-corrected chi connectivity index (χ2v) is 3.85. The summed E-state index contributed by atoms with van der Waals surface area (Å²) in [7, 11) is 0. The molecule has 7 nitrogen and oxygen atoms in total. The highest BCUT2D eigenvalue weighted by Crippen LogP contribution is 2.26. The molecule has 1 aliphatic heterocycles. The van der Waals surface area contributed by atoms with Crippen molar-refractivity contribution >= 4 is 17.9 Å². The minimum Gasteiger partial charge on any atom is -0.462 e. The molecule has 0 amide bonds. The highest BCUT2D eigenvalue weighted by molar-refractivity contribution is 5.82. The van der Waals surface area contributed by atoms with Crippen LogP contribution in [0.4, 0.5) is 0 Å². The van der Waals surface area contributed by atoms with Crippen LogP contribution < -0.4 is 0 Å². The van der Waals surface area contributed by atoms with Crippen LogP contribution in [0.15, 0.2) is 0 Å². The van der Waals surface area contributed by atoms with Gasteiger partial charge in [-0.1, -0.05) is 0 Å². The van der Waals surface area contributed by atoms with Crippen molar-refractivity contribution in [2.75, 3.05) is 13.2 Å². The molecule has 0 aromatic heterocycles. The van der Waals surface area contributed by atoms with Crippen molar-refractivity contribution in [1.82, 2.24) is 0 Å². The van der Waals surface area contributed by atoms with Crippen LogP contribution in [0.2, 0.25) is 0 Å². The highest BCUT2D eigenvalue weighted by Gasteiger charge is 2.49. The Morgan fingerprint density at radius 3 is 2.53 bits per heavy atom. The number of carbonyl (C=O) groups excluding carboxylic acids is 3. The molecule has 1 saturated heterocycles. The van der Waals surface area contributed by atoms with Crippen LogP contribution in [0.3, 0.4) is 0 Å². The maximum atomic E-state index is 11.4. The second kappa shape index (κ2) is 5.13. The van der Waals surface area contributed by atoms with Gasteiger partial charge in [0.1, 0.15) is 19.3 Å². The molecule has 2 atom stereocenters. The molecular formula is C10H14O7. The number of carbonyl (C=O) groups is 3. The summed E-state index contributed by atoms with van der Waals surface area (Å²) >= 11 is 0. The monoisotopic (exact) mass is 246 g/mol. The molecule has 7 heteroatoms. The van der Waals surface area contributed by atoms with Gasteiger partial charge in [-0.05, 0) is 0 Å². The lowest BCUT2D eigenvalue weighted by Gasteiger charge is -2.16. The number of esters is 3. The number of rotatable bonds is 4. The average molecular weight is 246 g/mol. The number of hydrogen-bond acceptors (Lipinski definition) is 7. The van der Waals surface area contributed by atoms with E-state index in [1.807, 2.05) is 0 Å². The van der Waals surface area contributed by atoms with Crippen molar-refractivity contribution in [3.8, 4) is 0 Å². The van der Waals surface area contributed by atoms with Gasteiger partial charge in [0.05, 0.1) is 0 Å². The van der Waals surface area contributed by atoms with E-state index >= 15 is 0 Å². The summed E-state index contributed by atoms with van der Waals surface area (Å²) in [5.41, 5.74) is -1.85. The Morgan fingerprint density at radius 1 is 1.41 bits per heavy atom. The molecule has 96 valence electrons. The van der Waals surface area contributed by atoms with Crippen LogP contribution in [0.25, 0.3) is 0 Å². The number of aliphatic hydroxyl groups is 1. The van der Waals surface area contributed by atoms with E-state index in [0.29, 0.717) is 0 Å². The van der Waals surface area contributed by atoms with Crippen molar-refractivity contribution in [1.29, 1.82) is 0 Å². The summed E-state index contributed by atoms with van der Waals surface area (Å²) in [6.07, 6.45) is -0.793. The van der Waals surface area contributed by atoms with Crippen LogP contribution >= 0.6 is 0 Å². The van der Waals surface area contributed by atoms with Crippen molar-refractivity contribution in [3.63, 3.8) is 0 Å². The maximum absolute atomic E-state index is 11.4. The molecule has 0 radical (unpaired) electrons. The minimum absolute atomic E-state index is 0.0770. The molecule has 0 bridgehead atoms. The summed E-state index contributed by atoms with van der Waals surface area (Å²) in [5.74, 6) is -1.98. The fourth-order valence-electron chi connectivity index (χ4n) is 1.40. The van der Waals surface area contributed by atoms with Gasteiger partial charge in [0, 0.05) is 20.3 Å². The first-order chi connectivity index (χ1) is 7.83. The van der Waals surface area contributed by atoms with Gasteiger partial charge in [0.15, 0.2) is 5.60 Å². The fourth-order valence-corrected chi connectivity index (χ4v) is 1.40. The van der Waals surface area contributed by atoms with E-state index in [0.717, 1.165) is 0 Å². The van der Waals surface area contributed by atoms with Crippen molar-refractivity contribution in [3.05, 3.63) is 0 Å². The predicted octanol–water partition coefficient (Wildman–Crippen LogP) is -0.841. The molecule has 0 saturated carbocycles. The first-order valence-electron chi connectivity index (χ1n) is 5.04. The Bertz CT molecular complexity index is 338. The number of hydrogen-bond donors (Lipinski definition) is 1. The largest absolute Gasteiger partial charge is 0.462 e. The topological polar surface area (TPSA) is 99.1 Å². The molecule has 2 unspecified atom stereocenters.